The minimum atomic E-state index is -3.64. The molecule has 0 saturated heterocycles. The number of nitrogens with zero attached hydrogens (tertiary/aromatic N) is 2. The van der Waals surface area contributed by atoms with Gasteiger partial charge in [0.2, 0.25) is 0 Å². The van der Waals surface area contributed by atoms with Gasteiger partial charge in [-0.05, 0) is 31.4 Å². The second-order valence-corrected chi connectivity index (χ2v) is 6.84. The van der Waals surface area contributed by atoms with Gasteiger partial charge < -0.3 is 4.74 Å². The van der Waals surface area contributed by atoms with Crippen LogP contribution >= 0.6 is 0 Å². The average Bonchev–Trinajstić information content (AvgIpc) is 2.92. The van der Waals surface area contributed by atoms with Crippen molar-refractivity contribution < 1.29 is 13.2 Å². The number of hydrogen-bond donors (Lipinski definition) is 1. The first-order chi connectivity index (χ1) is 10.1. The first kappa shape index (κ1) is 13.9. The Labute approximate surface area is 123 Å². The molecule has 21 heavy (non-hydrogen) atoms. The Morgan fingerprint density at radius 1 is 1.38 bits per heavy atom. The van der Waals surface area contributed by atoms with E-state index in [1.54, 1.807) is 20.1 Å². The maximum atomic E-state index is 12.9. The highest BCUT2D eigenvalue weighted by molar-refractivity contribution is 7.92. The zero-order valence-electron chi connectivity index (χ0n) is 12.0. The summed E-state index contributed by atoms with van der Waals surface area (Å²) in [7, 11) is -2.08. The number of rotatable bonds is 3. The smallest absolute Gasteiger partial charge is 0.267 e. The summed E-state index contributed by atoms with van der Waals surface area (Å²) in [5, 5.41) is 6.50. The fourth-order valence-electron chi connectivity index (χ4n) is 2.70. The first-order valence-corrected chi connectivity index (χ1v) is 8.18. The summed E-state index contributed by atoms with van der Waals surface area (Å²) in [4.78, 5) is 0.209. The topological polar surface area (TPSA) is 75.3 Å². The Morgan fingerprint density at radius 2 is 2.19 bits per heavy atom. The number of ether oxygens (including phenoxy) is 1. The van der Waals surface area contributed by atoms with Crippen molar-refractivity contribution >= 4 is 15.7 Å². The summed E-state index contributed by atoms with van der Waals surface area (Å²) in [6, 6.07) is 5.62. The number of benzene rings is 1. The standard InChI is InChI=1S/C14H17N3O3S/c1-10-13(9-15-16-10)21(18,19)17-8-4-6-11-5-3-7-12(20-2)14(11)17/h3,5,7,9H,4,6,8H2,1-2H3,(H,15,16). The van der Waals surface area contributed by atoms with E-state index in [1.807, 2.05) is 12.1 Å². The molecule has 0 spiro atoms. The van der Waals surface area contributed by atoms with Gasteiger partial charge in [-0.2, -0.15) is 5.10 Å². The van der Waals surface area contributed by atoms with Crippen LogP contribution < -0.4 is 9.04 Å². The van der Waals surface area contributed by atoms with E-state index >= 15 is 0 Å². The molecule has 0 atom stereocenters. The van der Waals surface area contributed by atoms with Crippen LogP contribution in [0, 0.1) is 6.92 Å². The van der Waals surface area contributed by atoms with Gasteiger partial charge in [-0.1, -0.05) is 12.1 Å². The van der Waals surface area contributed by atoms with Crippen molar-refractivity contribution in [1.29, 1.82) is 0 Å². The fraction of sp³-hybridized carbons (Fsp3) is 0.357. The lowest BCUT2D eigenvalue weighted by Gasteiger charge is -2.31. The summed E-state index contributed by atoms with van der Waals surface area (Å²) in [6.45, 7) is 2.15. The van der Waals surface area contributed by atoms with Gasteiger partial charge in [0.25, 0.3) is 10.0 Å². The average molecular weight is 307 g/mol. The van der Waals surface area contributed by atoms with Gasteiger partial charge in [-0.15, -0.1) is 0 Å². The van der Waals surface area contributed by atoms with E-state index in [9.17, 15) is 8.42 Å². The molecule has 3 rings (SSSR count). The second-order valence-electron chi connectivity index (χ2n) is 5.01. The van der Waals surface area contributed by atoms with Crippen LogP contribution in [0.1, 0.15) is 17.7 Å². The Morgan fingerprint density at radius 3 is 2.86 bits per heavy atom. The molecular weight excluding hydrogens is 290 g/mol. The molecule has 0 aliphatic carbocycles. The Bertz CT molecular complexity index is 753. The van der Waals surface area contributed by atoms with E-state index < -0.39 is 10.0 Å². The maximum Gasteiger partial charge on any atom is 0.267 e. The number of H-pyrrole nitrogens is 1. The fourth-order valence-corrected chi connectivity index (χ4v) is 4.37. The van der Waals surface area contributed by atoms with Crippen molar-refractivity contribution in [2.75, 3.05) is 18.0 Å². The molecule has 0 saturated carbocycles. The molecule has 1 aliphatic rings. The van der Waals surface area contributed by atoms with Gasteiger partial charge in [-0.3, -0.25) is 9.40 Å². The van der Waals surface area contributed by atoms with Crippen LogP contribution in [0.4, 0.5) is 5.69 Å². The van der Waals surface area contributed by atoms with Crippen LogP contribution in [0.5, 0.6) is 5.75 Å². The molecule has 112 valence electrons. The Balaban J connectivity index is 2.17. The van der Waals surface area contributed by atoms with Crippen molar-refractivity contribution in [3.8, 4) is 5.75 Å². The Hall–Kier alpha value is -2.02. The summed E-state index contributed by atoms with van der Waals surface area (Å²) in [6.07, 6.45) is 2.99. The number of fused-ring (bicyclic) bond motifs is 1. The number of nitrogens with one attached hydrogen (secondary N) is 1. The normalized spacial score (nSPS) is 14.9. The van der Waals surface area contributed by atoms with Crippen LogP contribution in [0.3, 0.4) is 0 Å². The quantitative estimate of drug-likeness (QED) is 0.939. The molecular formula is C14H17N3O3S. The third-order valence-corrected chi connectivity index (χ3v) is 5.62. The highest BCUT2D eigenvalue weighted by Gasteiger charge is 2.33. The lowest BCUT2D eigenvalue weighted by molar-refractivity contribution is 0.414. The van der Waals surface area contributed by atoms with E-state index in [1.165, 1.54) is 10.5 Å². The maximum absolute atomic E-state index is 12.9. The van der Waals surface area contributed by atoms with Crippen molar-refractivity contribution in [3.05, 3.63) is 35.7 Å². The van der Waals surface area contributed by atoms with Crippen LogP contribution in [0.15, 0.2) is 29.3 Å². The van der Waals surface area contributed by atoms with Gasteiger partial charge in [0.15, 0.2) is 0 Å². The highest BCUT2D eigenvalue weighted by atomic mass is 32.2. The van der Waals surface area contributed by atoms with Gasteiger partial charge in [-0.25, -0.2) is 8.42 Å². The van der Waals surface area contributed by atoms with Crippen LogP contribution in [-0.2, 0) is 16.4 Å². The zero-order valence-corrected chi connectivity index (χ0v) is 12.8. The molecule has 7 heteroatoms. The van der Waals surface area contributed by atoms with Gasteiger partial charge in [0.05, 0.1) is 24.7 Å². The van der Waals surface area contributed by atoms with E-state index in [4.69, 9.17) is 4.74 Å². The van der Waals surface area contributed by atoms with Crippen LogP contribution in [0.25, 0.3) is 0 Å². The lowest BCUT2D eigenvalue weighted by atomic mass is 10.0. The molecule has 0 bridgehead atoms. The molecule has 1 aromatic heterocycles. The summed E-state index contributed by atoms with van der Waals surface area (Å²) < 4.78 is 32.6. The van der Waals surface area contributed by atoms with Gasteiger partial charge in [0.1, 0.15) is 10.6 Å². The minimum Gasteiger partial charge on any atom is -0.495 e. The van der Waals surface area contributed by atoms with Crippen molar-refractivity contribution in [2.45, 2.75) is 24.7 Å². The predicted molar refractivity (Wildman–Crippen MR) is 79.2 cm³/mol. The molecule has 1 aromatic carbocycles. The largest absolute Gasteiger partial charge is 0.495 e. The molecule has 1 N–H and O–H groups in total. The molecule has 2 aromatic rings. The van der Waals surface area contributed by atoms with E-state index in [-0.39, 0.29) is 4.90 Å². The van der Waals surface area contributed by atoms with Crippen molar-refractivity contribution in [1.82, 2.24) is 10.2 Å². The molecule has 1 aliphatic heterocycles. The molecule has 2 heterocycles. The minimum absolute atomic E-state index is 0.209. The number of sulfonamides is 1. The third-order valence-electron chi connectivity index (χ3n) is 3.71. The summed E-state index contributed by atoms with van der Waals surface area (Å²) in [5.74, 6) is 0.580. The number of hydrogen-bond acceptors (Lipinski definition) is 4. The summed E-state index contributed by atoms with van der Waals surface area (Å²) in [5.41, 5.74) is 2.18. The predicted octanol–water partition coefficient (Wildman–Crippen LogP) is 1.87. The van der Waals surface area contributed by atoms with Crippen LogP contribution in [-0.4, -0.2) is 32.3 Å². The van der Waals surface area contributed by atoms with E-state index in [2.05, 4.69) is 10.2 Å². The lowest BCUT2D eigenvalue weighted by Crippen LogP contribution is -2.36. The molecule has 0 fully saturated rings. The molecule has 0 unspecified atom stereocenters. The number of aromatic amines is 1. The number of aromatic nitrogens is 2. The van der Waals surface area contributed by atoms with Crippen LogP contribution in [0.2, 0.25) is 0 Å². The number of methoxy groups -OCH3 is 1. The second kappa shape index (κ2) is 5.07. The summed E-state index contributed by atoms with van der Waals surface area (Å²) >= 11 is 0. The first-order valence-electron chi connectivity index (χ1n) is 6.74. The SMILES string of the molecule is COc1cccc2c1N(S(=O)(=O)c1cn[nH]c1C)CCC2. The molecule has 6 nitrogen and oxygen atoms in total. The monoisotopic (exact) mass is 307 g/mol. The number of para-hydroxylation sites is 1. The number of aryl methyl sites for hydroxylation is 2. The van der Waals surface area contributed by atoms with Crippen molar-refractivity contribution in [2.24, 2.45) is 0 Å². The molecule has 0 amide bonds. The van der Waals surface area contributed by atoms with E-state index in [0.29, 0.717) is 23.7 Å². The van der Waals surface area contributed by atoms with Gasteiger partial charge >= 0.3 is 0 Å². The highest BCUT2D eigenvalue weighted by Crippen LogP contribution is 2.39. The zero-order chi connectivity index (χ0) is 15.0. The third kappa shape index (κ3) is 2.17. The Kier molecular flexibility index (Phi) is 3.36. The van der Waals surface area contributed by atoms with E-state index in [0.717, 1.165) is 18.4 Å². The van der Waals surface area contributed by atoms with Crippen molar-refractivity contribution in [3.63, 3.8) is 0 Å². The number of anilines is 1. The van der Waals surface area contributed by atoms with Gasteiger partial charge in [0, 0.05) is 6.54 Å². The molecule has 0 radical (unpaired) electrons.